The summed E-state index contributed by atoms with van der Waals surface area (Å²) in [6, 6.07) is 14.6. The largest absolute Gasteiger partial charge is 0.345 e. The molecule has 2 heterocycles. The lowest BCUT2D eigenvalue weighted by Crippen LogP contribution is -2.41. The van der Waals surface area contributed by atoms with E-state index in [1.807, 2.05) is 60.9 Å². The molecule has 1 saturated heterocycles. The fourth-order valence-electron chi connectivity index (χ4n) is 4.41. The number of nitrogens with one attached hydrogen (secondary N) is 1. The molecule has 1 aromatic heterocycles. The number of urea groups is 1. The number of ketones is 1. The number of carbonyl (C=O) groups excluding carboxylic acids is 3. The molecule has 2 aromatic carbocycles. The summed E-state index contributed by atoms with van der Waals surface area (Å²) < 4.78 is 1.98. The Kier molecular flexibility index (Phi) is 5.01. The Morgan fingerprint density at radius 3 is 2.58 bits per heavy atom. The summed E-state index contributed by atoms with van der Waals surface area (Å²) >= 11 is 0. The second-order valence-electron chi connectivity index (χ2n) is 8.08. The third-order valence-corrected chi connectivity index (χ3v) is 6.09. The van der Waals surface area contributed by atoms with Gasteiger partial charge in [-0.2, -0.15) is 0 Å². The monoisotopic (exact) mass is 415 g/mol. The second kappa shape index (κ2) is 7.54. The van der Waals surface area contributed by atoms with Crippen LogP contribution in [0.2, 0.25) is 0 Å². The van der Waals surface area contributed by atoms with Crippen LogP contribution in [-0.2, 0) is 16.9 Å². The van der Waals surface area contributed by atoms with Crippen molar-refractivity contribution in [2.24, 2.45) is 0 Å². The zero-order valence-electron chi connectivity index (χ0n) is 17.9. The fraction of sp³-hybridized carbons (Fsp3) is 0.240. The number of aromatic nitrogens is 1. The Morgan fingerprint density at radius 1 is 1.13 bits per heavy atom. The molecule has 6 heteroatoms. The number of imide groups is 1. The van der Waals surface area contributed by atoms with E-state index in [2.05, 4.69) is 11.9 Å². The average molecular weight is 415 g/mol. The summed E-state index contributed by atoms with van der Waals surface area (Å²) in [5, 5.41) is 4.68. The molecule has 0 spiro atoms. The number of benzene rings is 2. The van der Waals surface area contributed by atoms with E-state index in [0.29, 0.717) is 17.7 Å². The van der Waals surface area contributed by atoms with Gasteiger partial charge in [0.05, 0.1) is 6.54 Å². The van der Waals surface area contributed by atoms with E-state index in [1.165, 1.54) is 0 Å². The summed E-state index contributed by atoms with van der Waals surface area (Å²) in [5.41, 5.74) is 1.71. The quantitative estimate of drug-likeness (QED) is 0.374. The number of carbonyl (C=O) groups is 3. The van der Waals surface area contributed by atoms with Crippen LogP contribution in [0.4, 0.5) is 4.79 Å². The van der Waals surface area contributed by atoms with E-state index in [-0.39, 0.29) is 12.3 Å². The predicted molar refractivity (Wildman–Crippen MR) is 120 cm³/mol. The number of fused-ring (bicyclic) bond motifs is 1. The number of hydrogen-bond acceptors (Lipinski definition) is 3. The first-order valence-corrected chi connectivity index (χ1v) is 10.2. The van der Waals surface area contributed by atoms with Gasteiger partial charge in [-0.25, -0.2) is 4.79 Å². The number of hydrogen-bond donors (Lipinski definition) is 1. The van der Waals surface area contributed by atoms with Gasteiger partial charge in [-0.3, -0.25) is 14.5 Å². The summed E-state index contributed by atoms with van der Waals surface area (Å²) in [4.78, 5) is 40.2. The van der Waals surface area contributed by atoms with Crippen LogP contribution in [0.15, 0.2) is 61.2 Å². The van der Waals surface area contributed by atoms with Gasteiger partial charge in [0.1, 0.15) is 5.54 Å². The van der Waals surface area contributed by atoms with Gasteiger partial charge in [-0.1, -0.05) is 48.5 Å². The number of amides is 3. The third kappa shape index (κ3) is 3.24. The van der Waals surface area contributed by atoms with E-state index in [9.17, 15) is 14.4 Å². The van der Waals surface area contributed by atoms with Gasteiger partial charge in [-0.05, 0) is 43.2 Å². The van der Waals surface area contributed by atoms with Gasteiger partial charge in [-0.15, -0.1) is 6.58 Å². The second-order valence-corrected chi connectivity index (χ2v) is 8.08. The number of nitrogens with zero attached hydrogens (tertiary/aromatic N) is 2. The molecule has 0 aliphatic carbocycles. The van der Waals surface area contributed by atoms with Crippen molar-refractivity contribution < 1.29 is 14.4 Å². The van der Waals surface area contributed by atoms with Crippen LogP contribution in [0.3, 0.4) is 0 Å². The summed E-state index contributed by atoms with van der Waals surface area (Å²) in [6.07, 6.45) is 1.77. The lowest BCUT2D eigenvalue weighted by atomic mass is 9.88. The van der Waals surface area contributed by atoms with E-state index in [1.54, 1.807) is 19.1 Å². The maximum Gasteiger partial charge on any atom is 0.325 e. The minimum Gasteiger partial charge on any atom is -0.345 e. The van der Waals surface area contributed by atoms with Gasteiger partial charge in [0, 0.05) is 23.5 Å². The average Bonchev–Trinajstić information content (AvgIpc) is 3.16. The molecule has 3 amide bonds. The molecule has 1 aliphatic heterocycles. The summed E-state index contributed by atoms with van der Waals surface area (Å²) in [5.74, 6) is -0.698. The molecule has 158 valence electrons. The van der Waals surface area contributed by atoms with Crippen LogP contribution in [0.25, 0.3) is 10.8 Å². The number of aryl methyl sites for hydroxylation is 1. The van der Waals surface area contributed by atoms with Crippen LogP contribution in [0, 0.1) is 13.8 Å². The molecular formula is C25H25N3O3. The predicted octanol–water partition coefficient (Wildman–Crippen LogP) is 4.09. The molecule has 0 saturated carbocycles. The van der Waals surface area contributed by atoms with Crippen LogP contribution < -0.4 is 5.32 Å². The molecule has 1 aliphatic rings. The topological polar surface area (TPSA) is 71.4 Å². The number of Topliss-reactive ketones (excluding diaryl/α,β-unsaturated/α-hetero) is 1. The maximum atomic E-state index is 13.4. The zero-order chi connectivity index (χ0) is 22.3. The molecule has 1 fully saturated rings. The molecule has 4 rings (SSSR count). The Hall–Kier alpha value is -3.67. The normalized spacial score (nSPS) is 18.5. The Bertz CT molecular complexity index is 1230. The van der Waals surface area contributed by atoms with Crippen LogP contribution >= 0.6 is 0 Å². The first-order chi connectivity index (χ1) is 14.8. The van der Waals surface area contributed by atoms with E-state index < -0.39 is 17.5 Å². The first-order valence-electron chi connectivity index (χ1n) is 10.2. The van der Waals surface area contributed by atoms with Crippen molar-refractivity contribution in [2.75, 3.05) is 6.54 Å². The van der Waals surface area contributed by atoms with Gasteiger partial charge < -0.3 is 9.88 Å². The first kappa shape index (κ1) is 20.6. The highest BCUT2D eigenvalue weighted by molar-refractivity contribution is 6.12. The van der Waals surface area contributed by atoms with Crippen molar-refractivity contribution in [3.63, 3.8) is 0 Å². The van der Waals surface area contributed by atoms with E-state index in [4.69, 9.17) is 0 Å². The van der Waals surface area contributed by atoms with Crippen LogP contribution in [0.5, 0.6) is 0 Å². The SMILES string of the molecule is C=CCn1c(C)cc(C(=O)CN2C(=O)N[C@@](C)(c3cccc4ccccc34)C2=O)c1C. The molecule has 0 unspecified atom stereocenters. The maximum absolute atomic E-state index is 13.4. The van der Waals surface area contributed by atoms with Crippen LogP contribution in [-0.4, -0.2) is 33.7 Å². The minimum atomic E-state index is -1.24. The van der Waals surface area contributed by atoms with Crippen molar-refractivity contribution in [2.45, 2.75) is 32.9 Å². The van der Waals surface area contributed by atoms with Crippen molar-refractivity contribution in [1.82, 2.24) is 14.8 Å². The molecule has 1 N–H and O–H groups in total. The fourth-order valence-corrected chi connectivity index (χ4v) is 4.41. The molecule has 31 heavy (non-hydrogen) atoms. The number of allylic oxidation sites excluding steroid dienone is 1. The van der Waals surface area contributed by atoms with Crippen molar-refractivity contribution in [1.29, 1.82) is 0 Å². The molecule has 6 nitrogen and oxygen atoms in total. The highest BCUT2D eigenvalue weighted by Gasteiger charge is 2.50. The smallest absolute Gasteiger partial charge is 0.325 e. The van der Waals surface area contributed by atoms with Gasteiger partial charge in [0.2, 0.25) is 0 Å². The standard InChI is InChI=1S/C25H25N3O3/c1-5-13-27-16(2)14-20(17(27)3)22(29)15-28-23(30)25(4,26-24(28)31)21-12-8-10-18-9-6-7-11-19(18)21/h5-12,14H,1,13,15H2,2-4H3,(H,26,31)/t25-/m0/s1. The van der Waals surface area contributed by atoms with E-state index in [0.717, 1.165) is 27.1 Å². The molecule has 1 atom stereocenters. The lowest BCUT2D eigenvalue weighted by Gasteiger charge is -2.24. The van der Waals surface area contributed by atoms with Gasteiger partial charge in [0.15, 0.2) is 5.78 Å². The third-order valence-electron chi connectivity index (χ3n) is 6.09. The van der Waals surface area contributed by atoms with E-state index >= 15 is 0 Å². The van der Waals surface area contributed by atoms with Crippen LogP contribution in [0.1, 0.15) is 34.2 Å². The Balaban J connectivity index is 1.65. The molecule has 3 aromatic rings. The highest BCUT2D eigenvalue weighted by atomic mass is 16.2. The highest BCUT2D eigenvalue weighted by Crippen LogP contribution is 2.34. The number of rotatable bonds is 6. The van der Waals surface area contributed by atoms with Gasteiger partial charge in [0.25, 0.3) is 5.91 Å². The zero-order valence-corrected chi connectivity index (χ0v) is 17.9. The lowest BCUT2D eigenvalue weighted by molar-refractivity contribution is -0.130. The summed E-state index contributed by atoms with van der Waals surface area (Å²) in [7, 11) is 0. The molecule has 0 bridgehead atoms. The minimum absolute atomic E-state index is 0.269. The summed E-state index contributed by atoms with van der Waals surface area (Å²) in [6.45, 7) is 9.50. The van der Waals surface area contributed by atoms with Crippen molar-refractivity contribution >= 4 is 28.5 Å². The molecule has 0 radical (unpaired) electrons. The Labute approximate surface area is 181 Å². The molecular weight excluding hydrogens is 390 g/mol. The Morgan fingerprint density at radius 2 is 1.84 bits per heavy atom. The van der Waals surface area contributed by atoms with Crippen molar-refractivity contribution in [3.05, 3.63) is 83.7 Å². The van der Waals surface area contributed by atoms with Crippen molar-refractivity contribution in [3.8, 4) is 0 Å². The van der Waals surface area contributed by atoms with Gasteiger partial charge >= 0.3 is 6.03 Å².